The standard InChI is InChI=1S/C22H26O9/c1-21(27-5)22(2,28-6)31-18-14(30-21)9-12(20(24)26-4)16-15-11(10-23)7-8-13(25-3)17(15)29-19(16)18/h7-10,14,16,18-19H,1-6H3/t14-,16+,18+,19-,21+,22+/m1/s1. The molecule has 31 heavy (non-hydrogen) atoms. The molecular weight excluding hydrogens is 408 g/mol. The highest BCUT2D eigenvalue weighted by atomic mass is 16.8. The van der Waals surface area contributed by atoms with E-state index in [1.165, 1.54) is 28.4 Å². The lowest BCUT2D eigenvalue weighted by atomic mass is 9.77. The second kappa shape index (κ2) is 7.59. The number of aldehydes is 1. The van der Waals surface area contributed by atoms with Crippen molar-refractivity contribution in [2.24, 2.45) is 0 Å². The van der Waals surface area contributed by atoms with E-state index in [9.17, 15) is 9.59 Å². The first-order valence-corrected chi connectivity index (χ1v) is 9.86. The van der Waals surface area contributed by atoms with Gasteiger partial charge in [0.1, 0.15) is 24.6 Å². The number of methoxy groups -OCH3 is 4. The molecule has 4 rings (SSSR count). The SMILES string of the molecule is COC(=O)C1=C[C@H]2O[C@](C)(OC)[C@@](C)(OC)O[C@@H]2[C@@H]2Oc3c(OC)ccc(C=O)c3[C@H]12. The van der Waals surface area contributed by atoms with E-state index in [0.717, 1.165) is 6.29 Å². The second-order valence-electron chi connectivity index (χ2n) is 7.86. The molecule has 2 aliphatic heterocycles. The topological polar surface area (TPSA) is 98.8 Å². The summed E-state index contributed by atoms with van der Waals surface area (Å²) in [6.07, 6.45) is 0.331. The molecular formula is C22H26O9. The van der Waals surface area contributed by atoms with Gasteiger partial charge in [0.05, 0.1) is 20.1 Å². The normalized spacial score (nSPS) is 35.7. The Kier molecular flexibility index (Phi) is 5.33. The molecule has 1 aliphatic carbocycles. The van der Waals surface area contributed by atoms with Crippen LogP contribution in [0.5, 0.6) is 11.5 Å². The van der Waals surface area contributed by atoms with Crippen molar-refractivity contribution in [1.29, 1.82) is 0 Å². The van der Waals surface area contributed by atoms with Gasteiger partial charge in [-0.25, -0.2) is 4.79 Å². The number of ether oxygens (including phenoxy) is 7. The van der Waals surface area contributed by atoms with Gasteiger partial charge in [-0.2, -0.15) is 0 Å². The number of esters is 1. The summed E-state index contributed by atoms with van der Waals surface area (Å²) in [4.78, 5) is 24.6. The highest BCUT2D eigenvalue weighted by Crippen LogP contribution is 2.55. The molecule has 1 saturated heterocycles. The van der Waals surface area contributed by atoms with Crippen LogP contribution in [0.2, 0.25) is 0 Å². The number of carbonyl (C=O) groups excluding carboxylic acids is 2. The number of benzene rings is 1. The molecule has 0 unspecified atom stereocenters. The fourth-order valence-corrected chi connectivity index (χ4v) is 4.57. The van der Waals surface area contributed by atoms with Gasteiger partial charge < -0.3 is 33.2 Å². The molecule has 9 heteroatoms. The van der Waals surface area contributed by atoms with E-state index in [2.05, 4.69) is 0 Å². The smallest absolute Gasteiger partial charge is 0.334 e. The summed E-state index contributed by atoms with van der Waals surface area (Å²) in [6, 6.07) is 3.29. The first kappa shape index (κ1) is 21.8. The van der Waals surface area contributed by atoms with Crippen LogP contribution >= 0.6 is 0 Å². The van der Waals surface area contributed by atoms with Crippen LogP contribution in [0.4, 0.5) is 0 Å². The van der Waals surface area contributed by atoms with Crippen LogP contribution in [-0.4, -0.2) is 70.6 Å². The number of rotatable bonds is 5. The lowest BCUT2D eigenvalue weighted by molar-refractivity contribution is -0.448. The highest BCUT2D eigenvalue weighted by molar-refractivity contribution is 5.93. The molecule has 0 saturated carbocycles. The molecule has 1 fully saturated rings. The van der Waals surface area contributed by atoms with Crippen LogP contribution in [0.3, 0.4) is 0 Å². The second-order valence-corrected chi connectivity index (χ2v) is 7.86. The third kappa shape index (κ3) is 2.99. The van der Waals surface area contributed by atoms with E-state index < -0.39 is 41.8 Å². The molecule has 168 valence electrons. The Hall–Kier alpha value is -2.46. The molecule has 6 atom stereocenters. The number of hydrogen-bond acceptors (Lipinski definition) is 9. The van der Waals surface area contributed by atoms with E-state index in [1.807, 2.05) is 0 Å². The third-order valence-electron chi connectivity index (χ3n) is 6.51. The summed E-state index contributed by atoms with van der Waals surface area (Å²) in [6.45, 7) is 3.41. The van der Waals surface area contributed by atoms with E-state index in [1.54, 1.807) is 32.1 Å². The minimum atomic E-state index is -1.26. The quantitative estimate of drug-likeness (QED) is 0.509. The highest BCUT2D eigenvalue weighted by Gasteiger charge is 2.62. The molecule has 0 aromatic heterocycles. The zero-order chi connectivity index (χ0) is 22.6. The number of hydrogen-bond donors (Lipinski definition) is 0. The van der Waals surface area contributed by atoms with Crippen LogP contribution in [-0.2, 0) is 28.5 Å². The Morgan fingerprint density at radius 2 is 1.71 bits per heavy atom. The monoisotopic (exact) mass is 434 g/mol. The van der Waals surface area contributed by atoms with Gasteiger partial charge in [0.15, 0.2) is 11.5 Å². The third-order valence-corrected chi connectivity index (χ3v) is 6.51. The Bertz CT molecular complexity index is 941. The lowest BCUT2D eigenvalue weighted by Gasteiger charge is -2.54. The summed E-state index contributed by atoms with van der Waals surface area (Å²) in [5.41, 5.74) is 1.26. The maximum atomic E-state index is 12.7. The zero-order valence-corrected chi connectivity index (χ0v) is 18.3. The van der Waals surface area contributed by atoms with Crippen molar-refractivity contribution in [1.82, 2.24) is 0 Å². The van der Waals surface area contributed by atoms with Gasteiger partial charge in [0.25, 0.3) is 0 Å². The van der Waals surface area contributed by atoms with E-state index >= 15 is 0 Å². The van der Waals surface area contributed by atoms with E-state index in [-0.39, 0.29) is 0 Å². The average Bonchev–Trinajstić information content (AvgIpc) is 3.19. The Morgan fingerprint density at radius 1 is 1.03 bits per heavy atom. The van der Waals surface area contributed by atoms with Crippen molar-refractivity contribution in [3.63, 3.8) is 0 Å². The maximum absolute atomic E-state index is 12.7. The predicted molar refractivity (Wildman–Crippen MR) is 106 cm³/mol. The van der Waals surface area contributed by atoms with Crippen molar-refractivity contribution < 1.29 is 42.7 Å². The van der Waals surface area contributed by atoms with Crippen molar-refractivity contribution in [2.45, 2.75) is 49.7 Å². The van der Waals surface area contributed by atoms with Crippen molar-refractivity contribution >= 4 is 12.3 Å². The predicted octanol–water partition coefficient (Wildman–Crippen LogP) is 1.97. The number of fused-ring (bicyclic) bond motifs is 5. The molecule has 0 bridgehead atoms. The largest absolute Gasteiger partial charge is 0.493 e. The maximum Gasteiger partial charge on any atom is 0.334 e. The van der Waals surface area contributed by atoms with Crippen LogP contribution in [0.15, 0.2) is 23.8 Å². The molecule has 0 spiro atoms. The van der Waals surface area contributed by atoms with Gasteiger partial charge in [-0.1, -0.05) is 0 Å². The van der Waals surface area contributed by atoms with E-state index in [0.29, 0.717) is 28.2 Å². The summed E-state index contributed by atoms with van der Waals surface area (Å²) in [5.74, 6) is -2.85. The minimum absolute atomic E-state index is 0.312. The molecule has 1 aromatic carbocycles. The first-order valence-electron chi connectivity index (χ1n) is 9.86. The number of carbonyl (C=O) groups is 2. The molecule has 0 N–H and O–H groups in total. The lowest BCUT2D eigenvalue weighted by Crippen LogP contribution is -2.68. The van der Waals surface area contributed by atoms with Crippen LogP contribution in [0.25, 0.3) is 0 Å². The summed E-state index contributed by atoms with van der Waals surface area (Å²) >= 11 is 0. The van der Waals surface area contributed by atoms with Gasteiger partial charge in [0.2, 0.25) is 11.6 Å². The summed E-state index contributed by atoms with van der Waals surface area (Å²) in [7, 11) is 5.79. The molecule has 3 aliphatic rings. The van der Waals surface area contributed by atoms with Crippen LogP contribution in [0, 0.1) is 0 Å². The van der Waals surface area contributed by atoms with Gasteiger partial charge in [-0.05, 0) is 32.1 Å². The van der Waals surface area contributed by atoms with Gasteiger partial charge in [0, 0.05) is 30.9 Å². The van der Waals surface area contributed by atoms with Crippen molar-refractivity contribution in [3.8, 4) is 11.5 Å². The Balaban J connectivity index is 1.89. The summed E-state index contributed by atoms with van der Waals surface area (Å²) in [5, 5.41) is 0. The Morgan fingerprint density at radius 3 is 2.29 bits per heavy atom. The van der Waals surface area contributed by atoms with Crippen LogP contribution < -0.4 is 9.47 Å². The van der Waals surface area contributed by atoms with Crippen LogP contribution in [0.1, 0.15) is 35.7 Å². The van der Waals surface area contributed by atoms with Gasteiger partial charge in [-0.3, -0.25) is 4.79 Å². The first-order chi connectivity index (χ1) is 14.8. The molecule has 0 radical (unpaired) electrons. The average molecular weight is 434 g/mol. The summed E-state index contributed by atoms with van der Waals surface area (Å²) < 4.78 is 40.6. The zero-order valence-electron chi connectivity index (χ0n) is 18.3. The molecule has 9 nitrogen and oxygen atoms in total. The van der Waals surface area contributed by atoms with Crippen molar-refractivity contribution in [3.05, 3.63) is 34.9 Å². The minimum Gasteiger partial charge on any atom is -0.493 e. The Labute approximate surface area is 180 Å². The van der Waals surface area contributed by atoms with E-state index in [4.69, 9.17) is 33.2 Å². The molecule has 0 amide bonds. The van der Waals surface area contributed by atoms with Gasteiger partial charge >= 0.3 is 5.97 Å². The fraction of sp³-hybridized carbons (Fsp3) is 0.545. The van der Waals surface area contributed by atoms with Crippen molar-refractivity contribution in [2.75, 3.05) is 28.4 Å². The molecule has 2 heterocycles. The van der Waals surface area contributed by atoms with Gasteiger partial charge in [-0.15, -0.1) is 0 Å². The molecule has 1 aromatic rings. The fourth-order valence-electron chi connectivity index (χ4n) is 4.57.